The topological polar surface area (TPSA) is 92.9 Å². The standard InChI is InChI=1S/C17H18N2O5/c1-23-10-14-3-2-5-19(14)16(20)12-7-11(15-18-4-6-24-15)8-13(9-12)17(21)22/h4,6-9,14H,2-3,5,10H2,1H3,(H,21,22)/t14-/m1/s1. The average Bonchev–Trinajstić information content (AvgIpc) is 3.26. The molecule has 7 nitrogen and oxygen atoms in total. The van der Waals surface area contributed by atoms with Crippen LogP contribution >= 0.6 is 0 Å². The normalized spacial score (nSPS) is 17.2. The number of hydrogen-bond acceptors (Lipinski definition) is 5. The summed E-state index contributed by atoms with van der Waals surface area (Å²) in [5.41, 5.74) is 0.799. The third-order valence-corrected chi connectivity index (χ3v) is 4.10. The summed E-state index contributed by atoms with van der Waals surface area (Å²) in [5, 5.41) is 9.32. The molecule has 0 radical (unpaired) electrons. The van der Waals surface area contributed by atoms with E-state index in [-0.39, 0.29) is 23.4 Å². The minimum atomic E-state index is -1.10. The van der Waals surface area contributed by atoms with Gasteiger partial charge in [0.25, 0.3) is 5.91 Å². The number of nitrogens with zero attached hydrogens (tertiary/aromatic N) is 2. The number of likely N-dealkylation sites (tertiary alicyclic amines) is 1. The Morgan fingerprint density at radius 1 is 1.38 bits per heavy atom. The molecule has 2 aromatic rings. The van der Waals surface area contributed by atoms with Crippen LogP contribution in [0.4, 0.5) is 0 Å². The number of carbonyl (C=O) groups is 2. The summed E-state index contributed by atoms with van der Waals surface area (Å²) in [7, 11) is 1.60. The molecule has 0 bridgehead atoms. The SMILES string of the molecule is COC[C@H]1CCCN1C(=O)c1cc(C(=O)O)cc(-c2ncco2)c1. The van der Waals surface area contributed by atoms with Crippen molar-refractivity contribution in [3.63, 3.8) is 0 Å². The second-order valence-electron chi connectivity index (χ2n) is 5.69. The molecule has 1 atom stereocenters. The molecule has 7 heteroatoms. The highest BCUT2D eigenvalue weighted by Gasteiger charge is 2.30. The number of methoxy groups -OCH3 is 1. The summed E-state index contributed by atoms with van der Waals surface area (Å²) < 4.78 is 10.4. The fourth-order valence-electron chi connectivity index (χ4n) is 3.00. The first-order valence-corrected chi connectivity index (χ1v) is 7.68. The average molecular weight is 330 g/mol. The van der Waals surface area contributed by atoms with Gasteiger partial charge in [-0.2, -0.15) is 0 Å². The molecule has 3 rings (SSSR count). The molecular weight excluding hydrogens is 312 g/mol. The first-order chi connectivity index (χ1) is 11.6. The van der Waals surface area contributed by atoms with Crippen LogP contribution in [0, 0.1) is 0 Å². The fourth-order valence-corrected chi connectivity index (χ4v) is 3.00. The van der Waals surface area contributed by atoms with Crippen LogP contribution in [0.2, 0.25) is 0 Å². The zero-order valence-corrected chi connectivity index (χ0v) is 13.3. The van der Waals surface area contributed by atoms with Crippen LogP contribution in [0.5, 0.6) is 0 Å². The Hall–Kier alpha value is -2.67. The predicted octanol–water partition coefficient (Wildman–Crippen LogP) is 2.29. The molecule has 0 spiro atoms. The number of carbonyl (C=O) groups excluding carboxylic acids is 1. The molecular formula is C17H18N2O5. The lowest BCUT2D eigenvalue weighted by Gasteiger charge is -2.24. The van der Waals surface area contributed by atoms with Crippen molar-refractivity contribution in [1.82, 2.24) is 9.88 Å². The van der Waals surface area contributed by atoms with Gasteiger partial charge in [-0.15, -0.1) is 0 Å². The Balaban J connectivity index is 1.97. The van der Waals surface area contributed by atoms with E-state index in [1.807, 2.05) is 0 Å². The molecule has 0 aliphatic carbocycles. The molecule has 1 N–H and O–H groups in total. The van der Waals surface area contributed by atoms with Crippen molar-refractivity contribution in [2.24, 2.45) is 0 Å². The van der Waals surface area contributed by atoms with E-state index in [4.69, 9.17) is 9.15 Å². The van der Waals surface area contributed by atoms with E-state index >= 15 is 0 Å². The Kier molecular flexibility index (Phi) is 4.61. The van der Waals surface area contributed by atoms with Crippen molar-refractivity contribution in [2.45, 2.75) is 18.9 Å². The maximum Gasteiger partial charge on any atom is 0.335 e. The van der Waals surface area contributed by atoms with Gasteiger partial charge >= 0.3 is 5.97 Å². The van der Waals surface area contributed by atoms with Gasteiger partial charge in [-0.1, -0.05) is 0 Å². The summed E-state index contributed by atoms with van der Waals surface area (Å²) in [6.45, 7) is 1.11. The first kappa shape index (κ1) is 16.2. The zero-order chi connectivity index (χ0) is 17.1. The third-order valence-electron chi connectivity index (χ3n) is 4.10. The molecule has 24 heavy (non-hydrogen) atoms. The number of rotatable bonds is 5. The van der Waals surface area contributed by atoms with E-state index in [2.05, 4.69) is 4.98 Å². The first-order valence-electron chi connectivity index (χ1n) is 7.68. The molecule has 0 unspecified atom stereocenters. The second-order valence-corrected chi connectivity index (χ2v) is 5.69. The Labute approximate surface area is 138 Å². The zero-order valence-electron chi connectivity index (χ0n) is 13.3. The highest BCUT2D eigenvalue weighted by Crippen LogP contribution is 2.25. The van der Waals surface area contributed by atoms with Crippen molar-refractivity contribution in [2.75, 3.05) is 20.3 Å². The Morgan fingerprint density at radius 3 is 2.83 bits per heavy atom. The molecule has 1 amide bonds. The van der Waals surface area contributed by atoms with Gasteiger partial charge in [-0.05, 0) is 31.0 Å². The van der Waals surface area contributed by atoms with E-state index in [1.165, 1.54) is 24.6 Å². The number of carboxylic acids is 1. The maximum absolute atomic E-state index is 12.9. The minimum absolute atomic E-state index is 0.0150. The molecule has 1 aliphatic heterocycles. The highest BCUT2D eigenvalue weighted by atomic mass is 16.5. The molecule has 1 saturated heterocycles. The number of ether oxygens (including phenoxy) is 1. The van der Waals surface area contributed by atoms with E-state index in [0.29, 0.717) is 24.3 Å². The van der Waals surface area contributed by atoms with Crippen molar-refractivity contribution < 1.29 is 23.8 Å². The molecule has 126 valence electrons. The molecule has 1 aliphatic rings. The quantitative estimate of drug-likeness (QED) is 0.904. The predicted molar refractivity (Wildman–Crippen MR) is 84.8 cm³/mol. The van der Waals surface area contributed by atoms with Crippen molar-refractivity contribution >= 4 is 11.9 Å². The maximum atomic E-state index is 12.9. The van der Waals surface area contributed by atoms with Gasteiger partial charge in [0.05, 0.1) is 24.4 Å². The monoisotopic (exact) mass is 330 g/mol. The van der Waals surface area contributed by atoms with Gasteiger partial charge in [0.2, 0.25) is 5.89 Å². The molecule has 1 fully saturated rings. The van der Waals surface area contributed by atoms with Crippen LogP contribution in [0.1, 0.15) is 33.6 Å². The van der Waals surface area contributed by atoms with Crippen LogP contribution in [0.3, 0.4) is 0 Å². The smallest absolute Gasteiger partial charge is 0.335 e. The summed E-state index contributed by atoms with van der Waals surface area (Å²) in [4.78, 5) is 30.0. The number of carboxylic acid groups (broad SMARTS) is 1. The fraction of sp³-hybridized carbons (Fsp3) is 0.353. The van der Waals surface area contributed by atoms with Crippen LogP contribution < -0.4 is 0 Å². The summed E-state index contributed by atoms with van der Waals surface area (Å²) >= 11 is 0. The number of aromatic carboxylic acids is 1. The van der Waals surface area contributed by atoms with Gasteiger partial charge in [0, 0.05) is 24.8 Å². The molecule has 2 heterocycles. The van der Waals surface area contributed by atoms with Crippen molar-refractivity contribution in [3.05, 3.63) is 41.8 Å². The van der Waals surface area contributed by atoms with Crippen molar-refractivity contribution in [3.8, 4) is 11.5 Å². The van der Waals surface area contributed by atoms with E-state index in [1.54, 1.807) is 18.1 Å². The van der Waals surface area contributed by atoms with Crippen molar-refractivity contribution in [1.29, 1.82) is 0 Å². The second kappa shape index (κ2) is 6.84. The molecule has 0 saturated carbocycles. The van der Waals surface area contributed by atoms with Gasteiger partial charge in [0.15, 0.2) is 0 Å². The van der Waals surface area contributed by atoms with E-state index in [9.17, 15) is 14.7 Å². The van der Waals surface area contributed by atoms with E-state index < -0.39 is 5.97 Å². The number of amides is 1. The molecule has 1 aromatic carbocycles. The lowest BCUT2D eigenvalue weighted by molar-refractivity contribution is 0.0630. The summed E-state index contributed by atoms with van der Waals surface area (Å²) in [6.07, 6.45) is 4.66. The van der Waals surface area contributed by atoms with Crippen LogP contribution in [-0.2, 0) is 4.74 Å². The summed E-state index contributed by atoms with van der Waals surface area (Å²) in [6, 6.07) is 4.46. The number of aromatic nitrogens is 1. The van der Waals surface area contributed by atoms with E-state index in [0.717, 1.165) is 12.8 Å². The molecule has 1 aromatic heterocycles. The van der Waals surface area contributed by atoms with Crippen LogP contribution in [0.25, 0.3) is 11.5 Å². The lowest BCUT2D eigenvalue weighted by atomic mass is 10.0. The van der Waals surface area contributed by atoms with Crippen LogP contribution in [-0.4, -0.2) is 53.2 Å². The number of benzene rings is 1. The van der Waals surface area contributed by atoms with Gasteiger partial charge in [-0.25, -0.2) is 9.78 Å². The van der Waals surface area contributed by atoms with Crippen LogP contribution in [0.15, 0.2) is 35.1 Å². The Morgan fingerprint density at radius 2 is 2.17 bits per heavy atom. The van der Waals surface area contributed by atoms with Gasteiger partial charge in [0.1, 0.15) is 6.26 Å². The lowest BCUT2D eigenvalue weighted by Crippen LogP contribution is -2.38. The third kappa shape index (κ3) is 3.16. The number of oxazole rings is 1. The largest absolute Gasteiger partial charge is 0.478 e. The van der Waals surface area contributed by atoms with Gasteiger partial charge < -0.3 is 19.2 Å². The minimum Gasteiger partial charge on any atom is -0.478 e. The number of hydrogen-bond donors (Lipinski definition) is 1. The Bertz CT molecular complexity index is 741. The highest BCUT2D eigenvalue weighted by molar-refractivity contribution is 5.99. The summed E-state index contributed by atoms with van der Waals surface area (Å²) in [5.74, 6) is -1.03. The van der Waals surface area contributed by atoms with Gasteiger partial charge in [-0.3, -0.25) is 4.79 Å².